The second-order valence-corrected chi connectivity index (χ2v) is 5.43. The first kappa shape index (κ1) is 14.0. The van der Waals surface area contributed by atoms with Crippen molar-refractivity contribution in [1.82, 2.24) is 0 Å². The fourth-order valence-corrected chi connectivity index (χ4v) is 2.57. The van der Waals surface area contributed by atoms with Crippen LogP contribution in [-0.4, -0.2) is 13.7 Å². The highest BCUT2D eigenvalue weighted by Gasteiger charge is 2.00. The van der Waals surface area contributed by atoms with Gasteiger partial charge in [-0.25, -0.2) is 0 Å². The van der Waals surface area contributed by atoms with Crippen molar-refractivity contribution in [2.24, 2.45) is 0 Å². The predicted octanol–water partition coefficient (Wildman–Crippen LogP) is 3.54. The molecule has 100 valence electrons. The van der Waals surface area contributed by atoms with Crippen LogP contribution >= 0.6 is 22.6 Å². The molecule has 0 unspecified atom stereocenters. The molecule has 0 aliphatic carbocycles. The highest BCUT2D eigenvalue weighted by atomic mass is 127. The van der Waals surface area contributed by atoms with Gasteiger partial charge < -0.3 is 15.8 Å². The number of ether oxygens (including phenoxy) is 1. The average Bonchev–Trinajstić information content (AvgIpc) is 2.41. The summed E-state index contributed by atoms with van der Waals surface area (Å²) < 4.78 is 6.36. The standard InChI is InChI=1S/C15H17IN2O/c1-19-13-4-2-3-11(9-13)7-8-18-15-6-5-12(17)10-14(15)16/h2-6,9-10,18H,7-8,17H2,1H3. The molecule has 2 rings (SSSR count). The third kappa shape index (κ3) is 4.02. The number of halogens is 1. The molecule has 0 saturated heterocycles. The first-order chi connectivity index (χ1) is 9.19. The molecular formula is C15H17IN2O. The quantitative estimate of drug-likeness (QED) is 0.627. The van der Waals surface area contributed by atoms with E-state index in [0.29, 0.717) is 0 Å². The lowest BCUT2D eigenvalue weighted by Crippen LogP contribution is -2.06. The lowest BCUT2D eigenvalue weighted by atomic mass is 10.1. The van der Waals surface area contributed by atoms with E-state index >= 15 is 0 Å². The molecular weight excluding hydrogens is 351 g/mol. The third-order valence-electron chi connectivity index (χ3n) is 2.86. The Hall–Kier alpha value is -1.43. The Morgan fingerprint density at radius 3 is 2.79 bits per heavy atom. The summed E-state index contributed by atoms with van der Waals surface area (Å²) in [6, 6.07) is 14.0. The van der Waals surface area contributed by atoms with Crippen molar-refractivity contribution < 1.29 is 4.74 Å². The Balaban J connectivity index is 1.92. The Morgan fingerprint density at radius 1 is 1.21 bits per heavy atom. The van der Waals surface area contributed by atoms with Gasteiger partial charge in [-0.15, -0.1) is 0 Å². The molecule has 0 bridgehead atoms. The van der Waals surface area contributed by atoms with Crippen molar-refractivity contribution in [3.63, 3.8) is 0 Å². The fourth-order valence-electron chi connectivity index (χ4n) is 1.84. The molecule has 0 radical (unpaired) electrons. The van der Waals surface area contributed by atoms with Crippen LogP contribution < -0.4 is 15.8 Å². The minimum Gasteiger partial charge on any atom is -0.497 e. The number of methoxy groups -OCH3 is 1. The van der Waals surface area contributed by atoms with Crippen molar-refractivity contribution in [2.45, 2.75) is 6.42 Å². The Morgan fingerprint density at radius 2 is 2.05 bits per heavy atom. The zero-order valence-electron chi connectivity index (χ0n) is 10.8. The van der Waals surface area contributed by atoms with Crippen LogP contribution in [0.3, 0.4) is 0 Å². The second kappa shape index (κ2) is 6.65. The molecule has 0 aliphatic rings. The number of rotatable bonds is 5. The third-order valence-corrected chi connectivity index (χ3v) is 3.75. The maximum absolute atomic E-state index is 5.73. The van der Waals surface area contributed by atoms with Gasteiger partial charge in [-0.2, -0.15) is 0 Å². The minimum atomic E-state index is 0.794. The summed E-state index contributed by atoms with van der Waals surface area (Å²) in [6.07, 6.45) is 0.956. The van der Waals surface area contributed by atoms with Gasteiger partial charge in [0.25, 0.3) is 0 Å². The zero-order chi connectivity index (χ0) is 13.7. The van der Waals surface area contributed by atoms with E-state index in [1.54, 1.807) is 7.11 Å². The number of anilines is 2. The minimum absolute atomic E-state index is 0.794. The second-order valence-electron chi connectivity index (χ2n) is 4.27. The van der Waals surface area contributed by atoms with Gasteiger partial charge in [0.2, 0.25) is 0 Å². The topological polar surface area (TPSA) is 47.3 Å². The first-order valence-corrected chi connectivity index (χ1v) is 7.19. The van der Waals surface area contributed by atoms with Gasteiger partial charge in [-0.3, -0.25) is 0 Å². The molecule has 0 spiro atoms. The summed E-state index contributed by atoms with van der Waals surface area (Å²) >= 11 is 2.29. The molecule has 0 aromatic heterocycles. The van der Waals surface area contributed by atoms with Gasteiger partial charge in [-0.05, 0) is 64.9 Å². The number of benzene rings is 2. The zero-order valence-corrected chi connectivity index (χ0v) is 13.0. The van der Waals surface area contributed by atoms with Crippen molar-refractivity contribution in [2.75, 3.05) is 24.7 Å². The molecule has 3 nitrogen and oxygen atoms in total. The van der Waals surface area contributed by atoms with Crippen LogP contribution in [0.4, 0.5) is 11.4 Å². The normalized spacial score (nSPS) is 10.2. The van der Waals surface area contributed by atoms with Gasteiger partial charge in [0.1, 0.15) is 5.75 Å². The van der Waals surface area contributed by atoms with Gasteiger partial charge in [-0.1, -0.05) is 12.1 Å². The van der Waals surface area contributed by atoms with E-state index in [4.69, 9.17) is 10.5 Å². The van der Waals surface area contributed by atoms with Crippen LogP contribution in [0.15, 0.2) is 42.5 Å². The molecule has 0 saturated carbocycles. The Bertz CT molecular complexity index is 558. The number of nitrogens with two attached hydrogens (primary N) is 1. The van der Waals surface area contributed by atoms with Crippen LogP contribution in [-0.2, 0) is 6.42 Å². The van der Waals surface area contributed by atoms with Crippen LogP contribution in [0.25, 0.3) is 0 Å². The molecule has 2 aromatic rings. The number of nitrogens with one attached hydrogen (secondary N) is 1. The lowest BCUT2D eigenvalue weighted by Gasteiger charge is -2.10. The summed E-state index contributed by atoms with van der Waals surface area (Å²) in [5.74, 6) is 0.902. The van der Waals surface area contributed by atoms with Crippen LogP contribution in [0, 0.1) is 3.57 Å². The first-order valence-electron chi connectivity index (χ1n) is 6.11. The van der Waals surface area contributed by atoms with Crippen molar-refractivity contribution in [3.05, 3.63) is 51.6 Å². The summed E-state index contributed by atoms with van der Waals surface area (Å²) in [6.45, 7) is 0.882. The van der Waals surface area contributed by atoms with E-state index < -0.39 is 0 Å². The van der Waals surface area contributed by atoms with E-state index in [2.05, 4.69) is 40.0 Å². The molecule has 0 amide bonds. The molecule has 3 N–H and O–H groups in total. The summed E-state index contributed by atoms with van der Waals surface area (Å²) in [5, 5.41) is 3.42. The van der Waals surface area contributed by atoms with Crippen LogP contribution in [0.2, 0.25) is 0 Å². The summed E-state index contributed by atoms with van der Waals surface area (Å²) in [4.78, 5) is 0. The molecule has 0 atom stereocenters. The number of nitrogen functional groups attached to an aromatic ring is 1. The maximum Gasteiger partial charge on any atom is 0.119 e. The van der Waals surface area contributed by atoms with Gasteiger partial charge in [0.05, 0.1) is 7.11 Å². The van der Waals surface area contributed by atoms with Crippen molar-refractivity contribution >= 4 is 34.0 Å². The summed E-state index contributed by atoms with van der Waals surface area (Å²) in [7, 11) is 1.69. The van der Waals surface area contributed by atoms with E-state index in [-0.39, 0.29) is 0 Å². The maximum atomic E-state index is 5.73. The predicted molar refractivity (Wildman–Crippen MR) is 88.8 cm³/mol. The van der Waals surface area contributed by atoms with Crippen LogP contribution in [0.5, 0.6) is 5.75 Å². The highest BCUT2D eigenvalue weighted by Crippen LogP contribution is 2.21. The Labute approximate surface area is 127 Å². The van der Waals surface area contributed by atoms with E-state index in [0.717, 1.165) is 33.7 Å². The number of hydrogen-bond acceptors (Lipinski definition) is 3. The van der Waals surface area contributed by atoms with Crippen molar-refractivity contribution in [1.29, 1.82) is 0 Å². The molecule has 0 aliphatic heterocycles. The number of hydrogen-bond donors (Lipinski definition) is 2. The Kier molecular flexibility index (Phi) is 4.90. The molecule has 4 heteroatoms. The van der Waals surface area contributed by atoms with E-state index in [1.807, 2.05) is 30.3 Å². The molecule has 2 aromatic carbocycles. The fraction of sp³-hybridized carbons (Fsp3) is 0.200. The monoisotopic (exact) mass is 368 g/mol. The van der Waals surface area contributed by atoms with Crippen molar-refractivity contribution in [3.8, 4) is 5.75 Å². The SMILES string of the molecule is COc1cccc(CCNc2ccc(N)cc2I)c1. The summed E-state index contributed by atoms with van der Waals surface area (Å²) in [5.41, 5.74) is 8.91. The average molecular weight is 368 g/mol. The smallest absolute Gasteiger partial charge is 0.119 e. The molecule has 0 fully saturated rings. The van der Waals surface area contributed by atoms with Crippen LogP contribution in [0.1, 0.15) is 5.56 Å². The largest absolute Gasteiger partial charge is 0.497 e. The van der Waals surface area contributed by atoms with E-state index in [9.17, 15) is 0 Å². The van der Waals surface area contributed by atoms with E-state index in [1.165, 1.54) is 5.56 Å². The van der Waals surface area contributed by atoms with Gasteiger partial charge >= 0.3 is 0 Å². The van der Waals surface area contributed by atoms with Gasteiger partial charge in [0.15, 0.2) is 0 Å². The molecule has 19 heavy (non-hydrogen) atoms. The lowest BCUT2D eigenvalue weighted by molar-refractivity contribution is 0.414. The highest BCUT2D eigenvalue weighted by molar-refractivity contribution is 14.1. The molecule has 0 heterocycles. The van der Waals surface area contributed by atoms with Gasteiger partial charge in [0, 0.05) is 21.5 Å².